The van der Waals surface area contributed by atoms with Crippen molar-refractivity contribution in [3.05, 3.63) is 60.1 Å². The SMILES string of the molecule is CCCN=C(NCCc1ccco1)N1CCC(c2ccccc2)C1.I. The number of benzene rings is 1. The molecule has 3 rings (SSSR count). The standard InChI is InChI=1S/C20H27N3O.HI/c1-2-12-21-20(22-13-10-19-9-6-15-24-19)23-14-11-18(16-23)17-7-4-3-5-8-17;/h3-9,15,18H,2,10-14,16H2,1H3,(H,21,22);1H. The van der Waals surface area contributed by atoms with Crippen LogP contribution in [0.5, 0.6) is 0 Å². The molecule has 0 radical (unpaired) electrons. The molecule has 0 saturated carbocycles. The highest BCUT2D eigenvalue weighted by Crippen LogP contribution is 2.26. The number of halogens is 1. The number of likely N-dealkylation sites (tertiary alicyclic amines) is 1. The lowest BCUT2D eigenvalue weighted by Gasteiger charge is -2.22. The molecule has 2 heterocycles. The molecule has 136 valence electrons. The fourth-order valence-electron chi connectivity index (χ4n) is 3.19. The van der Waals surface area contributed by atoms with Gasteiger partial charge in [0.2, 0.25) is 0 Å². The van der Waals surface area contributed by atoms with E-state index in [1.165, 1.54) is 12.0 Å². The van der Waals surface area contributed by atoms with Crippen LogP contribution in [0.3, 0.4) is 0 Å². The lowest BCUT2D eigenvalue weighted by atomic mass is 9.99. The van der Waals surface area contributed by atoms with Crippen LogP contribution >= 0.6 is 24.0 Å². The summed E-state index contributed by atoms with van der Waals surface area (Å²) < 4.78 is 5.40. The van der Waals surface area contributed by atoms with Crippen molar-refractivity contribution in [3.8, 4) is 0 Å². The molecule has 1 N–H and O–H groups in total. The maximum atomic E-state index is 5.40. The zero-order valence-corrected chi connectivity index (χ0v) is 17.2. The molecule has 1 saturated heterocycles. The maximum Gasteiger partial charge on any atom is 0.193 e. The second-order valence-corrected chi connectivity index (χ2v) is 6.30. The summed E-state index contributed by atoms with van der Waals surface area (Å²) in [6.45, 7) is 6.00. The molecule has 4 nitrogen and oxygen atoms in total. The van der Waals surface area contributed by atoms with Crippen molar-refractivity contribution in [2.75, 3.05) is 26.2 Å². The fraction of sp³-hybridized carbons (Fsp3) is 0.450. The Morgan fingerprint density at radius 2 is 2.08 bits per heavy atom. The van der Waals surface area contributed by atoms with E-state index in [4.69, 9.17) is 9.41 Å². The molecule has 1 atom stereocenters. The van der Waals surface area contributed by atoms with Gasteiger partial charge in [0.15, 0.2) is 5.96 Å². The van der Waals surface area contributed by atoms with E-state index in [0.29, 0.717) is 5.92 Å². The molecule has 1 unspecified atom stereocenters. The maximum absolute atomic E-state index is 5.40. The van der Waals surface area contributed by atoms with Crippen LogP contribution in [-0.2, 0) is 6.42 Å². The Kier molecular flexibility index (Phi) is 8.31. The third kappa shape index (κ3) is 5.76. The minimum atomic E-state index is 0. The van der Waals surface area contributed by atoms with Gasteiger partial charge in [0, 0.05) is 38.5 Å². The summed E-state index contributed by atoms with van der Waals surface area (Å²) in [5.41, 5.74) is 1.44. The van der Waals surface area contributed by atoms with Gasteiger partial charge in [-0.2, -0.15) is 0 Å². The van der Waals surface area contributed by atoms with E-state index >= 15 is 0 Å². The summed E-state index contributed by atoms with van der Waals surface area (Å²) in [6, 6.07) is 14.8. The summed E-state index contributed by atoms with van der Waals surface area (Å²) in [5, 5.41) is 3.52. The lowest BCUT2D eigenvalue weighted by Crippen LogP contribution is -2.41. The Balaban J connectivity index is 0.00000225. The van der Waals surface area contributed by atoms with E-state index in [0.717, 1.165) is 50.7 Å². The van der Waals surface area contributed by atoms with Crippen LogP contribution in [-0.4, -0.2) is 37.0 Å². The molecule has 0 bridgehead atoms. The van der Waals surface area contributed by atoms with Gasteiger partial charge in [-0.1, -0.05) is 37.3 Å². The second kappa shape index (κ2) is 10.5. The van der Waals surface area contributed by atoms with Crippen LogP contribution in [0.25, 0.3) is 0 Å². The average Bonchev–Trinajstić information content (AvgIpc) is 3.30. The summed E-state index contributed by atoms with van der Waals surface area (Å²) in [5.74, 6) is 2.66. The molecule has 1 aliphatic rings. The summed E-state index contributed by atoms with van der Waals surface area (Å²) in [7, 11) is 0. The Morgan fingerprint density at radius 3 is 2.80 bits per heavy atom. The molecule has 25 heavy (non-hydrogen) atoms. The van der Waals surface area contributed by atoms with Crippen molar-refractivity contribution in [1.82, 2.24) is 10.2 Å². The summed E-state index contributed by atoms with van der Waals surface area (Å²) >= 11 is 0. The van der Waals surface area contributed by atoms with Gasteiger partial charge in [-0.05, 0) is 30.5 Å². The van der Waals surface area contributed by atoms with E-state index in [-0.39, 0.29) is 24.0 Å². The molecule has 0 aliphatic carbocycles. The van der Waals surface area contributed by atoms with E-state index in [1.807, 2.05) is 12.1 Å². The summed E-state index contributed by atoms with van der Waals surface area (Å²) in [4.78, 5) is 7.17. The number of aliphatic imine (C=N–C) groups is 1. The monoisotopic (exact) mass is 453 g/mol. The van der Waals surface area contributed by atoms with Crippen LogP contribution < -0.4 is 5.32 Å². The molecule has 2 aromatic rings. The van der Waals surface area contributed by atoms with Crippen LogP contribution in [0.4, 0.5) is 0 Å². The fourth-order valence-corrected chi connectivity index (χ4v) is 3.19. The van der Waals surface area contributed by atoms with Crippen molar-refractivity contribution in [2.24, 2.45) is 4.99 Å². The van der Waals surface area contributed by atoms with Gasteiger partial charge in [-0.3, -0.25) is 4.99 Å². The van der Waals surface area contributed by atoms with E-state index in [1.54, 1.807) is 6.26 Å². The average molecular weight is 453 g/mol. The van der Waals surface area contributed by atoms with Crippen LogP contribution in [0.15, 0.2) is 58.1 Å². The van der Waals surface area contributed by atoms with Crippen molar-refractivity contribution < 1.29 is 4.42 Å². The number of guanidine groups is 1. The van der Waals surface area contributed by atoms with Gasteiger partial charge < -0.3 is 14.6 Å². The quantitative estimate of drug-likeness (QED) is 0.403. The highest BCUT2D eigenvalue weighted by atomic mass is 127. The molecular weight excluding hydrogens is 425 g/mol. The van der Waals surface area contributed by atoms with E-state index in [2.05, 4.69) is 47.5 Å². The van der Waals surface area contributed by atoms with Gasteiger partial charge in [-0.25, -0.2) is 0 Å². The molecule has 1 aromatic carbocycles. The molecule has 1 aliphatic heterocycles. The van der Waals surface area contributed by atoms with Crippen molar-refractivity contribution in [2.45, 2.75) is 32.1 Å². The number of nitrogens with zero attached hydrogens (tertiary/aromatic N) is 2. The van der Waals surface area contributed by atoms with Gasteiger partial charge in [-0.15, -0.1) is 24.0 Å². The Morgan fingerprint density at radius 1 is 1.24 bits per heavy atom. The van der Waals surface area contributed by atoms with Gasteiger partial charge in [0.1, 0.15) is 5.76 Å². The van der Waals surface area contributed by atoms with E-state index < -0.39 is 0 Å². The number of furan rings is 1. The van der Waals surface area contributed by atoms with Crippen LogP contribution in [0.1, 0.15) is 37.0 Å². The Bertz CT molecular complexity index is 628. The van der Waals surface area contributed by atoms with Crippen LogP contribution in [0, 0.1) is 0 Å². The molecular formula is C20H28IN3O. The Labute approximate surface area is 167 Å². The minimum Gasteiger partial charge on any atom is -0.469 e. The topological polar surface area (TPSA) is 40.8 Å². The van der Waals surface area contributed by atoms with Crippen LogP contribution in [0.2, 0.25) is 0 Å². The highest BCUT2D eigenvalue weighted by Gasteiger charge is 2.25. The number of rotatable bonds is 6. The Hall–Kier alpha value is -1.50. The number of hydrogen-bond acceptors (Lipinski definition) is 2. The second-order valence-electron chi connectivity index (χ2n) is 6.30. The normalized spacial score (nSPS) is 17.4. The van der Waals surface area contributed by atoms with Crippen molar-refractivity contribution >= 4 is 29.9 Å². The third-order valence-electron chi connectivity index (χ3n) is 4.48. The predicted molar refractivity (Wildman–Crippen MR) is 114 cm³/mol. The number of nitrogens with one attached hydrogen (secondary N) is 1. The van der Waals surface area contributed by atoms with E-state index in [9.17, 15) is 0 Å². The predicted octanol–water partition coefficient (Wildman–Crippen LogP) is 4.29. The molecule has 1 aromatic heterocycles. The molecule has 0 spiro atoms. The third-order valence-corrected chi connectivity index (χ3v) is 4.48. The first-order valence-electron chi connectivity index (χ1n) is 8.97. The zero-order chi connectivity index (χ0) is 16.6. The van der Waals surface area contributed by atoms with Gasteiger partial charge in [0.25, 0.3) is 0 Å². The first kappa shape index (κ1) is 19.8. The number of hydrogen-bond donors (Lipinski definition) is 1. The van der Waals surface area contributed by atoms with Gasteiger partial charge >= 0.3 is 0 Å². The molecule has 0 amide bonds. The first-order valence-corrected chi connectivity index (χ1v) is 8.97. The van der Waals surface area contributed by atoms with Crippen molar-refractivity contribution in [3.63, 3.8) is 0 Å². The lowest BCUT2D eigenvalue weighted by molar-refractivity contribution is 0.475. The molecule has 5 heteroatoms. The largest absolute Gasteiger partial charge is 0.469 e. The zero-order valence-electron chi connectivity index (χ0n) is 14.9. The smallest absolute Gasteiger partial charge is 0.193 e. The highest BCUT2D eigenvalue weighted by molar-refractivity contribution is 14.0. The van der Waals surface area contributed by atoms with Gasteiger partial charge in [0.05, 0.1) is 6.26 Å². The van der Waals surface area contributed by atoms with Crippen molar-refractivity contribution in [1.29, 1.82) is 0 Å². The first-order chi connectivity index (χ1) is 11.9. The molecule has 1 fully saturated rings. The summed E-state index contributed by atoms with van der Waals surface area (Å²) in [6.07, 6.45) is 4.87. The minimum absolute atomic E-state index is 0.